The Bertz CT molecular complexity index is 949. The SMILES string of the molecule is CN(C)c1ccc(N[C@H]2CCCN(C(=O)c3ccn4cncc4c3)CC2)cn1. The van der Waals surface area contributed by atoms with Gasteiger partial charge in [-0.25, -0.2) is 9.97 Å². The van der Waals surface area contributed by atoms with Gasteiger partial charge in [0.1, 0.15) is 5.82 Å². The maximum Gasteiger partial charge on any atom is 0.253 e. The summed E-state index contributed by atoms with van der Waals surface area (Å²) in [5, 5.41) is 3.58. The average molecular weight is 378 g/mol. The number of aromatic nitrogens is 3. The van der Waals surface area contributed by atoms with Crippen LogP contribution in [0.25, 0.3) is 5.52 Å². The van der Waals surface area contributed by atoms with E-state index in [-0.39, 0.29) is 5.91 Å². The van der Waals surface area contributed by atoms with Crippen molar-refractivity contribution in [1.29, 1.82) is 0 Å². The maximum atomic E-state index is 12.9. The highest BCUT2D eigenvalue weighted by Crippen LogP contribution is 2.20. The lowest BCUT2D eigenvalue weighted by Crippen LogP contribution is -2.32. The number of hydrogen-bond donors (Lipinski definition) is 1. The van der Waals surface area contributed by atoms with Crippen molar-refractivity contribution in [3.05, 3.63) is 54.7 Å². The molecular formula is C21H26N6O. The Labute approximate surface area is 165 Å². The molecule has 0 spiro atoms. The fraction of sp³-hybridized carbons (Fsp3) is 0.381. The zero-order valence-electron chi connectivity index (χ0n) is 16.4. The third-order valence-corrected chi connectivity index (χ3v) is 5.25. The van der Waals surface area contributed by atoms with Crippen molar-refractivity contribution in [3.63, 3.8) is 0 Å². The van der Waals surface area contributed by atoms with Crippen LogP contribution in [-0.4, -0.2) is 58.4 Å². The summed E-state index contributed by atoms with van der Waals surface area (Å²) in [5.41, 5.74) is 2.69. The van der Waals surface area contributed by atoms with Crippen molar-refractivity contribution < 1.29 is 4.79 Å². The topological polar surface area (TPSA) is 65.8 Å². The fourth-order valence-corrected chi connectivity index (χ4v) is 3.65. The number of amides is 1. The third-order valence-electron chi connectivity index (χ3n) is 5.25. The van der Waals surface area contributed by atoms with Crippen molar-refractivity contribution in [2.24, 2.45) is 0 Å². The highest BCUT2D eigenvalue weighted by atomic mass is 16.2. The Balaban J connectivity index is 1.38. The van der Waals surface area contributed by atoms with Gasteiger partial charge in [-0.15, -0.1) is 0 Å². The van der Waals surface area contributed by atoms with Crippen LogP contribution in [0.1, 0.15) is 29.6 Å². The number of pyridine rings is 2. The lowest BCUT2D eigenvalue weighted by atomic mass is 10.1. The zero-order valence-corrected chi connectivity index (χ0v) is 16.4. The molecular weight excluding hydrogens is 352 g/mol. The zero-order chi connectivity index (χ0) is 19.5. The van der Waals surface area contributed by atoms with E-state index in [2.05, 4.69) is 21.4 Å². The molecule has 1 aliphatic rings. The van der Waals surface area contributed by atoms with Crippen LogP contribution in [0.5, 0.6) is 0 Å². The molecule has 1 fully saturated rings. The van der Waals surface area contributed by atoms with Crippen LogP contribution in [0.3, 0.4) is 0 Å². The number of hydrogen-bond acceptors (Lipinski definition) is 5. The number of carbonyl (C=O) groups excluding carboxylic acids is 1. The van der Waals surface area contributed by atoms with Gasteiger partial charge in [0.2, 0.25) is 0 Å². The molecule has 28 heavy (non-hydrogen) atoms. The van der Waals surface area contributed by atoms with E-state index in [9.17, 15) is 4.79 Å². The smallest absolute Gasteiger partial charge is 0.253 e. The van der Waals surface area contributed by atoms with E-state index in [1.165, 1.54) is 0 Å². The van der Waals surface area contributed by atoms with Gasteiger partial charge in [-0.2, -0.15) is 0 Å². The molecule has 1 atom stereocenters. The van der Waals surface area contributed by atoms with Crippen LogP contribution in [0, 0.1) is 0 Å². The molecule has 3 aromatic rings. The number of imidazole rings is 1. The third kappa shape index (κ3) is 3.93. The van der Waals surface area contributed by atoms with E-state index in [0.29, 0.717) is 6.04 Å². The average Bonchev–Trinajstić information content (AvgIpc) is 3.06. The first-order chi connectivity index (χ1) is 13.6. The van der Waals surface area contributed by atoms with E-state index >= 15 is 0 Å². The molecule has 0 aromatic carbocycles. The van der Waals surface area contributed by atoms with Gasteiger partial charge in [-0.1, -0.05) is 0 Å². The molecule has 4 rings (SSSR count). The summed E-state index contributed by atoms with van der Waals surface area (Å²) in [6.45, 7) is 1.55. The second-order valence-electron chi connectivity index (χ2n) is 7.51. The number of nitrogens with one attached hydrogen (secondary N) is 1. The van der Waals surface area contributed by atoms with Crippen molar-refractivity contribution >= 4 is 22.9 Å². The van der Waals surface area contributed by atoms with Gasteiger partial charge in [0.25, 0.3) is 5.91 Å². The molecule has 0 unspecified atom stereocenters. The minimum absolute atomic E-state index is 0.0985. The number of rotatable bonds is 4. The molecule has 0 aliphatic carbocycles. The molecule has 1 aliphatic heterocycles. The van der Waals surface area contributed by atoms with E-state index < -0.39 is 0 Å². The van der Waals surface area contributed by atoms with Crippen LogP contribution in [0.4, 0.5) is 11.5 Å². The van der Waals surface area contributed by atoms with E-state index in [1.807, 2.05) is 58.9 Å². The Kier molecular flexibility index (Phi) is 5.14. The Morgan fingerprint density at radius 3 is 2.86 bits per heavy atom. The summed E-state index contributed by atoms with van der Waals surface area (Å²) in [6, 6.07) is 8.21. The second kappa shape index (κ2) is 7.88. The molecule has 1 saturated heterocycles. The molecule has 0 saturated carbocycles. The number of carbonyl (C=O) groups is 1. The van der Waals surface area contributed by atoms with E-state index in [4.69, 9.17) is 0 Å². The lowest BCUT2D eigenvalue weighted by Gasteiger charge is -2.21. The molecule has 0 radical (unpaired) electrons. The monoisotopic (exact) mass is 378 g/mol. The van der Waals surface area contributed by atoms with Crippen LogP contribution in [0.15, 0.2) is 49.2 Å². The van der Waals surface area contributed by atoms with Crippen molar-refractivity contribution in [3.8, 4) is 0 Å². The molecule has 7 nitrogen and oxygen atoms in total. The molecule has 1 N–H and O–H groups in total. The van der Waals surface area contributed by atoms with Crippen molar-refractivity contribution in [2.75, 3.05) is 37.4 Å². The number of nitrogens with zero attached hydrogens (tertiary/aromatic N) is 5. The minimum Gasteiger partial charge on any atom is -0.381 e. The van der Waals surface area contributed by atoms with Gasteiger partial charge in [0.15, 0.2) is 0 Å². The van der Waals surface area contributed by atoms with Gasteiger partial charge < -0.3 is 19.5 Å². The van der Waals surface area contributed by atoms with Crippen molar-refractivity contribution in [1.82, 2.24) is 19.3 Å². The summed E-state index contributed by atoms with van der Waals surface area (Å²) in [5.74, 6) is 1.04. The second-order valence-corrected chi connectivity index (χ2v) is 7.51. The standard InChI is InChI=1S/C21H26N6O/c1-25(2)20-6-5-18(13-23-20)24-17-4-3-9-26(11-8-17)21(28)16-7-10-27-15-22-14-19(27)12-16/h5-7,10,12-15,17,24H,3-4,8-9,11H2,1-2H3/t17-/m0/s1. The predicted octanol–water partition coefficient (Wildman–Crippen LogP) is 2.90. The Morgan fingerprint density at radius 1 is 1.18 bits per heavy atom. The number of fused-ring (bicyclic) bond motifs is 1. The van der Waals surface area contributed by atoms with Crippen LogP contribution in [-0.2, 0) is 0 Å². The first-order valence-electron chi connectivity index (χ1n) is 9.71. The minimum atomic E-state index is 0.0985. The van der Waals surface area contributed by atoms with Crippen LogP contribution < -0.4 is 10.2 Å². The van der Waals surface area contributed by atoms with Gasteiger partial charge in [-0.3, -0.25) is 4.79 Å². The molecule has 7 heteroatoms. The largest absolute Gasteiger partial charge is 0.381 e. The van der Waals surface area contributed by atoms with Gasteiger partial charge in [0, 0.05) is 45.0 Å². The van der Waals surface area contributed by atoms with Crippen LogP contribution >= 0.6 is 0 Å². The van der Waals surface area contributed by atoms with E-state index in [1.54, 1.807) is 12.5 Å². The van der Waals surface area contributed by atoms with Gasteiger partial charge in [-0.05, 0) is 43.5 Å². The summed E-state index contributed by atoms with van der Waals surface area (Å²) in [6.07, 6.45) is 10.2. The molecule has 1 amide bonds. The molecule has 0 bridgehead atoms. The number of anilines is 2. The lowest BCUT2D eigenvalue weighted by molar-refractivity contribution is 0.0761. The Morgan fingerprint density at radius 2 is 2.07 bits per heavy atom. The molecule has 146 valence electrons. The maximum absolute atomic E-state index is 12.9. The normalized spacial score (nSPS) is 17.4. The highest BCUT2D eigenvalue weighted by molar-refractivity contribution is 5.95. The summed E-state index contributed by atoms with van der Waals surface area (Å²) < 4.78 is 1.91. The summed E-state index contributed by atoms with van der Waals surface area (Å²) in [4.78, 5) is 25.5. The first kappa shape index (κ1) is 18.3. The van der Waals surface area contributed by atoms with E-state index in [0.717, 1.165) is 54.9 Å². The van der Waals surface area contributed by atoms with Crippen LogP contribution in [0.2, 0.25) is 0 Å². The van der Waals surface area contributed by atoms with Crippen molar-refractivity contribution in [2.45, 2.75) is 25.3 Å². The molecule has 3 aromatic heterocycles. The van der Waals surface area contributed by atoms with Gasteiger partial charge >= 0.3 is 0 Å². The summed E-state index contributed by atoms with van der Waals surface area (Å²) in [7, 11) is 3.97. The number of likely N-dealkylation sites (tertiary alicyclic amines) is 1. The molecule has 4 heterocycles. The fourth-order valence-electron chi connectivity index (χ4n) is 3.65. The first-order valence-corrected chi connectivity index (χ1v) is 9.71. The Hall–Kier alpha value is -3.09. The summed E-state index contributed by atoms with van der Waals surface area (Å²) >= 11 is 0. The predicted molar refractivity (Wildman–Crippen MR) is 111 cm³/mol. The van der Waals surface area contributed by atoms with Gasteiger partial charge in [0.05, 0.1) is 29.9 Å². The highest BCUT2D eigenvalue weighted by Gasteiger charge is 2.22. The quantitative estimate of drug-likeness (QED) is 0.756.